The summed E-state index contributed by atoms with van der Waals surface area (Å²) in [6.07, 6.45) is -1.14. The molecule has 2 aromatic carbocycles. The summed E-state index contributed by atoms with van der Waals surface area (Å²) in [5.74, 6) is -3.30. The van der Waals surface area contributed by atoms with Gasteiger partial charge in [0, 0.05) is 25.2 Å². The number of carbonyl (C=O) groups is 4. The van der Waals surface area contributed by atoms with Gasteiger partial charge in [-0.1, -0.05) is 41.9 Å². The maximum atomic E-state index is 13.4. The van der Waals surface area contributed by atoms with E-state index in [-0.39, 0.29) is 24.7 Å². The van der Waals surface area contributed by atoms with E-state index in [1.54, 1.807) is 24.3 Å². The smallest absolute Gasteiger partial charge is 0.458 e. The van der Waals surface area contributed by atoms with Crippen molar-refractivity contribution in [3.63, 3.8) is 0 Å². The molecule has 12 nitrogen and oxygen atoms in total. The maximum absolute atomic E-state index is 13.4. The Labute approximate surface area is 246 Å². The Morgan fingerprint density at radius 2 is 1.67 bits per heavy atom. The van der Waals surface area contributed by atoms with Crippen LogP contribution in [-0.2, 0) is 46.5 Å². The number of nitro benzene ring substituents is 1. The molecule has 1 amide bonds. The number of non-ortho nitro benzene ring substituents is 1. The van der Waals surface area contributed by atoms with Crippen LogP contribution in [0, 0.1) is 22.0 Å². The van der Waals surface area contributed by atoms with Gasteiger partial charge in [0.2, 0.25) is 11.4 Å². The molecule has 0 aromatic heterocycles. The third kappa shape index (κ3) is 6.88. The van der Waals surface area contributed by atoms with Crippen LogP contribution in [0.1, 0.15) is 37.3 Å². The van der Waals surface area contributed by atoms with Gasteiger partial charge in [-0.15, -0.1) is 0 Å². The number of carbonyl (C=O) groups excluding carboxylic acids is 4. The molecule has 0 radical (unpaired) electrons. The van der Waals surface area contributed by atoms with Gasteiger partial charge in [0.25, 0.3) is 5.69 Å². The van der Waals surface area contributed by atoms with Crippen molar-refractivity contribution < 1.29 is 43.0 Å². The van der Waals surface area contributed by atoms with Crippen molar-refractivity contribution in [3.8, 4) is 0 Å². The van der Waals surface area contributed by atoms with Gasteiger partial charge in [0.15, 0.2) is 5.78 Å². The van der Waals surface area contributed by atoms with Gasteiger partial charge < -0.3 is 23.8 Å². The van der Waals surface area contributed by atoms with E-state index in [1.807, 2.05) is 6.07 Å². The molecule has 224 valence electrons. The normalized spacial score (nSPS) is 23.4. The zero-order valence-electron chi connectivity index (χ0n) is 23.1. The van der Waals surface area contributed by atoms with Gasteiger partial charge in [-0.3, -0.25) is 19.7 Å². The van der Waals surface area contributed by atoms with Crippen LogP contribution in [-0.4, -0.2) is 64.5 Å². The Bertz CT molecular complexity index is 1310. The number of Topliss-reactive ketones (excluding diaryl/α,β-unsaturated/α-hetero) is 1. The summed E-state index contributed by atoms with van der Waals surface area (Å²) < 4.78 is 21.2. The van der Waals surface area contributed by atoms with Crippen molar-refractivity contribution in [1.29, 1.82) is 0 Å². The van der Waals surface area contributed by atoms with Gasteiger partial charge in [-0.05, 0) is 49.4 Å². The van der Waals surface area contributed by atoms with Crippen LogP contribution in [0.5, 0.6) is 0 Å². The van der Waals surface area contributed by atoms with Crippen molar-refractivity contribution in [2.45, 2.75) is 63.2 Å². The van der Waals surface area contributed by atoms with E-state index < -0.39 is 58.5 Å². The predicted octanol–water partition coefficient (Wildman–Crippen LogP) is 4.16. The molecule has 0 bridgehead atoms. The van der Waals surface area contributed by atoms with Gasteiger partial charge >= 0.3 is 12.1 Å². The molecule has 1 saturated carbocycles. The second kappa shape index (κ2) is 13.8. The summed E-state index contributed by atoms with van der Waals surface area (Å²) in [4.78, 5) is 63.4. The summed E-state index contributed by atoms with van der Waals surface area (Å²) in [7, 11) is 1.43. The van der Waals surface area contributed by atoms with Crippen LogP contribution in [0.3, 0.4) is 0 Å². The molecule has 1 unspecified atom stereocenters. The first kappa shape index (κ1) is 30.9. The van der Waals surface area contributed by atoms with Gasteiger partial charge in [-0.25, -0.2) is 9.59 Å². The number of β-lactam (4-membered cyclic amide) rings is 1. The number of nitro groups is 1. The largest absolute Gasteiger partial charge is 0.508 e. The van der Waals surface area contributed by atoms with Crippen molar-refractivity contribution in [3.05, 3.63) is 75.8 Å². The standard InChI is InChI=1S/C29H31ClN2O10/c1-17(42-29(36)41-16-19-11-13-20(14-12-19)32(37)38)23-24(21-9-6-10-22(39-2)25(21)33)31(27(23)34)26(30)28(35)40-15-18-7-4-3-5-8-18/h3-5,7-8,11-14,17,21-24,26H,6,9-10,15-16H2,1-2H3/t17-,21-,22+,23-,24-,26?/m1/s1. The van der Waals surface area contributed by atoms with Crippen LogP contribution in [0.15, 0.2) is 54.6 Å². The lowest BCUT2D eigenvalue weighted by Crippen LogP contribution is -2.71. The number of halogens is 1. The minimum absolute atomic E-state index is 0.0484. The van der Waals surface area contributed by atoms with Crippen LogP contribution in [0.4, 0.5) is 10.5 Å². The molecule has 2 fully saturated rings. The number of likely N-dealkylation sites (tertiary alicyclic amines) is 1. The third-order valence-corrected chi connectivity index (χ3v) is 7.93. The SMILES string of the molecule is CO[C@H]1CCC[C@H]([C@@H]2[C@@H]([C@@H](C)OC(=O)OCc3ccc([N+](=O)[O-])cc3)C(=O)N2C(Cl)C(=O)OCc2ccccc2)C1=O. The number of hydrogen-bond donors (Lipinski definition) is 0. The summed E-state index contributed by atoms with van der Waals surface area (Å²) >= 11 is 6.46. The topological polar surface area (TPSA) is 152 Å². The van der Waals surface area contributed by atoms with Crippen molar-refractivity contribution in [2.24, 2.45) is 11.8 Å². The number of amides is 1. The van der Waals surface area contributed by atoms with Crippen LogP contribution in [0.2, 0.25) is 0 Å². The average molecular weight is 603 g/mol. The Morgan fingerprint density at radius 3 is 2.31 bits per heavy atom. The van der Waals surface area contributed by atoms with Gasteiger partial charge in [0.1, 0.15) is 25.4 Å². The molecule has 6 atom stereocenters. The van der Waals surface area contributed by atoms with E-state index in [0.717, 1.165) is 10.5 Å². The molecule has 1 heterocycles. The second-order valence-corrected chi connectivity index (χ2v) is 10.6. The molecule has 13 heteroatoms. The molecule has 1 aliphatic carbocycles. The first-order chi connectivity index (χ1) is 20.1. The fraction of sp³-hybridized carbons (Fsp3) is 0.448. The van der Waals surface area contributed by atoms with Crippen molar-refractivity contribution in [2.75, 3.05) is 7.11 Å². The van der Waals surface area contributed by atoms with Crippen LogP contribution in [0.25, 0.3) is 0 Å². The number of benzene rings is 2. The highest BCUT2D eigenvalue weighted by molar-refractivity contribution is 6.31. The molecule has 2 aliphatic rings. The molecule has 1 aliphatic heterocycles. The summed E-state index contributed by atoms with van der Waals surface area (Å²) in [5, 5.41) is 10.8. The second-order valence-electron chi connectivity index (χ2n) is 10.1. The summed E-state index contributed by atoms with van der Waals surface area (Å²) in [6, 6.07) is 13.6. The molecule has 42 heavy (non-hydrogen) atoms. The average Bonchev–Trinajstić information content (AvgIpc) is 2.98. The minimum Gasteiger partial charge on any atom is -0.458 e. The van der Waals surface area contributed by atoms with E-state index in [2.05, 4.69) is 0 Å². The fourth-order valence-corrected chi connectivity index (χ4v) is 5.68. The number of rotatable bonds is 11. The highest BCUT2D eigenvalue weighted by atomic mass is 35.5. The number of methoxy groups -OCH3 is 1. The van der Waals surface area contributed by atoms with E-state index in [4.69, 9.17) is 30.5 Å². The monoisotopic (exact) mass is 602 g/mol. The Morgan fingerprint density at radius 1 is 1.02 bits per heavy atom. The Balaban J connectivity index is 1.44. The van der Waals surface area contributed by atoms with Crippen molar-refractivity contribution >= 4 is 41.1 Å². The molecular formula is C29H31ClN2O10. The van der Waals surface area contributed by atoms with Gasteiger partial charge in [-0.2, -0.15) is 0 Å². The lowest BCUT2D eigenvalue weighted by molar-refractivity contribution is -0.384. The molecule has 0 spiro atoms. The zero-order valence-corrected chi connectivity index (χ0v) is 23.8. The molecule has 2 aromatic rings. The number of hydrogen-bond acceptors (Lipinski definition) is 10. The van der Waals surface area contributed by atoms with Crippen LogP contribution >= 0.6 is 11.6 Å². The lowest BCUT2D eigenvalue weighted by atomic mass is 9.69. The molecular weight excluding hydrogens is 572 g/mol. The molecule has 4 rings (SSSR count). The predicted molar refractivity (Wildman–Crippen MR) is 147 cm³/mol. The van der Waals surface area contributed by atoms with E-state index in [1.165, 1.54) is 38.3 Å². The number of ether oxygens (including phenoxy) is 4. The Hall–Kier alpha value is -4.03. The summed E-state index contributed by atoms with van der Waals surface area (Å²) in [6.45, 7) is 1.23. The van der Waals surface area contributed by atoms with E-state index in [9.17, 15) is 29.3 Å². The number of nitrogens with zero attached hydrogens (tertiary/aromatic N) is 2. The zero-order chi connectivity index (χ0) is 30.4. The highest BCUT2D eigenvalue weighted by Crippen LogP contribution is 2.43. The van der Waals surface area contributed by atoms with E-state index in [0.29, 0.717) is 24.8 Å². The lowest BCUT2D eigenvalue weighted by Gasteiger charge is -2.53. The molecule has 1 saturated heterocycles. The Kier molecular flexibility index (Phi) is 10.1. The summed E-state index contributed by atoms with van der Waals surface area (Å²) in [5.41, 5.74) is -0.381. The fourth-order valence-electron chi connectivity index (χ4n) is 5.39. The first-order valence-electron chi connectivity index (χ1n) is 13.4. The number of ketones is 1. The highest BCUT2D eigenvalue weighted by Gasteiger charge is 2.60. The van der Waals surface area contributed by atoms with Crippen molar-refractivity contribution in [1.82, 2.24) is 4.90 Å². The van der Waals surface area contributed by atoms with Crippen LogP contribution < -0.4 is 0 Å². The van der Waals surface area contributed by atoms with Gasteiger partial charge in [0.05, 0.1) is 16.9 Å². The third-order valence-electron chi connectivity index (χ3n) is 7.54. The minimum atomic E-state index is -1.50. The first-order valence-corrected chi connectivity index (χ1v) is 13.9. The number of esters is 1. The number of alkyl halides is 1. The quantitative estimate of drug-likeness (QED) is 0.0915. The maximum Gasteiger partial charge on any atom is 0.508 e. The molecule has 0 N–H and O–H groups in total. The van der Waals surface area contributed by atoms with E-state index >= 15 is 0 Å².